The van der Waals surface area contributed by atoms with E-state index in [-0.39, 0.29) is 6.10 Å². The van der Waals surface area contributed by atoms with Crippen LogP contribution in [0.1, 0.15) is 11.7 Å². The lowest BCUT2D eigenvalue weighted by atomic mass is 10.1. The number of benzene rings is 1. The molecule has 0 spiro atoms. The first-order valence-electron chi connectivity index (χ1n) is 5.42. The van der Waals surface area contributed by atoms with Gasteiger partial charge in [0.15, 0.2) is 0 Å². The molecule has 2 aromatic rings. The van der Waals surface area contributed by atoms with E-state index in [9.17, 15) is 0 Å². The van der Waals surface area contributed by atoms with Crippen LogP contribution in [0.5, 0.6) is 5.75 Å². The Morgan fingerprint density at radius 3 is 2.83 bits per heavy atom. The molecule has 18 heavy (non-hydrogen) atoms. The van der Waals surface area contributed by atoms with Crippen molar-refractivity contribution in [3.63, 3.8) is 0 Å². The average Bonchev–Trinajstić information content (AvgIpc) is 2.39. The minimum absolute atomic E-state index is 0.226. The van der Waals surface area contributed by atoms with Crippen LogP contribution in [-0.4, -0.2) is 11.5 Å². The lowest BCUT2D eigenvalue weighted by Crippen LogP contribution is -2.18. The summed E-state index contributed by atoms with van der Waals surface area (Å²) in [5.41, 5.74) is 6.68. The summed E-state index contributed by atoms with van der Waals surface area (Å²) in [7, 11) is 0. The topological polar surface area (TPSA) is 48.1 Å². The van der Waals surface area contributed by atoms with Gasteiger partial charge < -0.3 is 10.5 Å². The van der Waals surface area contributed by atoms with Crippen molar-refractivity contribution in [2.75, 3.05) is 6.54 Å². The van der Waals surface area contributed by atoms with Gasteiger partial charge in [0.05, 0.1) is 4.47 Å². The zero-order valence-electron chi connectivity index (χ0n) is 9.51. The SMILES string of the molecule is NCC(Oc1ccc(Cl)cc1Br)c1cccnc1. The predicted octanol–water partition coefficient (Wildman–Crippen LogP) is 3.58. The van der Waals surface area contributed by atoms with Gasteiger partial charge in [-0.15, -0.1) is 0 Å². The third-order valence-corrected chi connectivity index (χ3v) is 3.29. The molecule has 0 radical (unpaired) electrons. The molecule has 0 bridgehead atoms. The third kappa shape index (κ3) is 3.22. The number of hydrogen-bond acceptors (Lipinski definition) is 3. The van der Waals surface area contributed by atoms with Crippen molar-refractivity contribution in [1.29, 1.82) is 0 Å². The second-order valence-corrected chi connectivity index (χ2v) is 4.99. The summed E-state index contributed by atoms with van der Waals surface area (Å²) in [6.07, 6.45) is 3.24. The van der Waals surface area contributed by atoms with Crippen LogP contribution >= 0.6 is 27.5 Å². The monoisotopic (exact) mass is 326 g/mol. The summed E-state index contributed by atoms with van der Waals surface area (Å²) in [5.74, 6) is 0.707. The number of pyridine rings is 1. The number of aromatic nitrogens is 1. The van der Waals surface area contributed by atoms with E-state index in [2.05, 4.69) is 20.9 Å². The summed E-state index contributed by atoms with van der Waals surface area (Å²) in [6, 6.07) is 9.17. The van der Waals surface area contributed by atoms with Gasteiger partial charge in [0.25, 0.3) is 0 Å². The lowest BCUT2D eigenvalue weighted by Gasteiger charge is -2.18. The van der Waals surface area contributed by atoms with Gasteiger partial charge in [0.2, 0.25) is 0 Å². The maximum Gasteiger partial charge on any atom is 0.137 e. The lowest BCUT2D eigenvalue weighted by molar-refractivity contribution is 0.212. The fourth-order valence-electron chi connectivity index (χ4n) is 1.54. The second-order valence-electron chi connectivity index (χ2n) is 3.70. The van der Waals surface area contributed by atoms with Crippen molar-refractivity contribution in [3.05, 3.63) is 57.8 Å². The van der Waals surface area contributed by atoms with E-state index in [1.54, 1.807) is 24.5 Å². The largest absolute Gasteiger partial charge is 0.483 e. The van der Waals surface area contributed by atoms with Crippen LogP contribution in [0.25, 0.3) is 0 Å². The number of rotatable bonds is 4. The van der Waals surface area contributed by atoms with Crippen LogP contribution in [0.2, 0.25) is 5.02 Å². The number of halogens is 2. The fourth-order valence-corrected chi connectivity index (χ4v) is 2.32. The van der Waals surface area contributed by atoms with Crippen LogP contribution in [0.3, 0.4) is 0 Å². The molecular formula is C13H12BrClN2O. The van der Waals surface area contributed by atoms with Crippen LogP contribution in [0.4, 0.5) is 0 Å². The third-order valence-electron chi connectivity index (χ3n) is 2.43. The van der Waals surface area contributed by atoms with Crippen molar-refractivity contribution in [2.24, 2.45) is 5.73 Å². The Morgan fingerprint density at radius 2 is 2.22 bits per heavy atom. The summed E-state index contributed by atoms with van der Waals surface area (Å²) >= 11 is 9.30. The van der Waals surface area contributed by atoms with Gasteiger partial charge in [0, 0.05) is 29.5 Å². The first-order valence-corrected chi connectivity index (χ1v) is 6.59. The van der Waals surface area contributed by atoms with Gasteiger partial charge in [-0.1, -0.05) is 17.7 Å². The van der Waals surface area contributed by atoms with Crippen molar-refractivity contribution in [2.45, 2.75) is 6.10 Å². The molecular weight excluding hydrogens is 316 g/mol. The number of nitrogens with zero attached hydrogens (tertiary/aromatic N) is 1. The van der Waals surface area contributed by atoms with Crippen LogP contribution < -0.4 is 10.5 Å². The Hall–Kier alpha value is -1.10. The summed E-state index contributed by atoms with van der Waals surface area (Å²) < 4.78 is 6.67. The number of ether oxygens (including phenoxy) is 1. The van der Waals surface area contributed by atoms with Gasteiger partial charge in [-0.3, -0.25) is 4.98 Å². The van der Waals surface area contributed by atoms with E-state index in [1.165, 1.54) is 0 Å². The quantitative estimate of drug-likeness (QED) is 0.934. The Labute approximate surface area is 119 Å². The molecule has 1 unspecified atom stereocenters. The second kappa shape index (κ2) is 6.18. The van der Waals surface area contributed by atoms with Gasteiger partial charge in [0.1, 0.15) is 11.9 Å². The molecule has 5 heteroatoms. The first kappa shape index (κ1) is 13.3. The van der Waals surface area contributed by atoms with Gasteiger partial charge in [-0.25, -0.2) is 0 Å². The molecule has 1 aromatic heterocycles. The minimum atomic E-state index is -0.226. The van der Waals surface area contributed by atoms with Crippen molar-refractivity contribution >= 4 is 27.5 Å². The highest BCUT2D eigenvalue weighted by Crippen LogP contribution is 2.31. The normalized spacial score (nSPS) is 12.2. The zero-order valence-corrected chi connectivity index (χ0v) is 11.9. The number of hydrogen-bond donors (Lipinski definition) is 1. The fraction of sp³-hybridized carbons (Fsp3) is 0.154. The van der Waals surface area contributed by atoms with Crippen LogP contribution in [0, 0.1) is 0 Å². The molecule has 3 nitrogen and oxygen atoms in total. The van der Waals surface area contributed by atoms with Gasteiger partial charge in [-0.05, 0) is 40.2 Å². The van der Waals surface area contributed by atoms with E-state index in [4.69, 9.17) is 22.1 Å². The molecule has 0 saturated heterocycles. The smallest absolute Gasteiger partial charge is 0.137 e. The summed E-state index contributed by atoms with van der Waals surface area (Å²) in [5, 5.41) is 0.653. The van der Waals surface area contributed by atoms with Crippen molar-refractivity contribution in [1.82, 2.24) is 4.98 Å². The molecule has 1 heterocycles. The Balaban J connectivity index is 2.21. The molecule has 1 atom stereocenters. The van der Waals surface area contributed by atoms with E-state index in [0.717, 1.165) is 10.0 Å². The maximum absolute atomic E-state index is 5.88. The minimum Gasteiger partial charge on any atom is -0.483 e. The van der Waals surface area contributed by atoms with Crippen molar-refractivity contribution in [3.8, 4) is 5.75 Å². The standard InChI is InChI=1S/C13H12BrClN2O/c14-11-6-10(15)3-4-12(11)18-13(7-16)9-2-1-5-17-8-9/h1-6,8,13H,7,16H2. The predicted molar refractivity (Wildman–Crippen MR) is 75.8 cm³/mol. The number of nitrogens with two attached hydrogens (primary N) is 1. The van der Waals surface area contributed by atoms with Gasteiger partial charge in [-0.2, -0.15) is 0 Å². The van der Waals surface area contributed by atoms with Crippen LogP contribution in [-0.2, 0) is 0 Å². The highest BCUT2D eigenvalue weighted by atomic mass is 79.9. The summed E-state index contributed by atoms with van der Waals surface area (Å²) in [6.45, 7) is 0.376. The molecule has 0 fully saturated rings. The van der Waals surface area contributed by atoms with E-state index in [0.29, 0.717) is 17.3 Å². The molecule has 94 valence electrons. The van der Waals surface area contributed by atoms with Gasteiger partial charge >= 0.3 is 0 Å². The van der Waals surface area contributed by atoms with E-state index in [1.807, 2.05) is 18.2 Å². The average molecular weight is 328 g/mol. The summed E-state index contributed by atoms with van der Waals surface area (Å²) in [4.78, 5) is 4.06. The first-order chi connectivity index (χ1) is 8.70. The highest BCUT2D eigenvalue weighted by Gasteiger charge is 2.13. The highest BCUT2D eigenvalue weighted by molar-refractivity contribution is 9.10. The van der Waals surface area contributed by atoms with E-state index >= 15 is 0 Å². The molecule has 0 amide bonds. The van der Waals surface area contributed by atoms with E-state index < -0.39 is 0 Å². The van der Waals surface area contributed by atoms with Crippen molar-refractivity contribution < 1.29 is 4.74 Å². The molecule has 0 aliphatic carbocycles. The molecule has 2 rings (SSSR count). The molecule has 0 aliphatic heterocycles. The molecule has 1 aromatic carbocycles. The maximum atomic E-state index is 5.88. The molecule has 0 aliphatic rings. The Kier molecular flexibility index (Phi) is 4.58. The zero-order chi connectivity index (χ0) is 13.0. The Bertz CT molecular complexity index is 522. The Morgan fingerprint density at radius 1 is 1.39 bits per heavy atom. The molecule has 0 saturated carbocycles. The van der Waals surface area contributed by atoms with Crippen LogP contribution in [0.15, 0.2) is 47.2 Å². The molecule has 2 N–H and O–H groups in total.